The highest BCUT2D eigenvalue weighted by molar-refractivity contribution is 6.30. The zero-order valence-electron chi connectivity index (χ0n) is 9.62. The Labute approximate surface area is 102 Å². The molecule has 2 fully saturated rings. The molecule has 0 aliphatic carbocycles. The molecular formula is C13H17ClN2. The van der Waals surface area contributed by atoms with Crippen molar-refractivity contribution in [2.45, 2.75) is 6.42 Å². The van der Waals surface area contributed by atoms with Gasteiger partial charge in [-0.05, 0) is 37.7 Å². The van der Waals surface area contributed by atoms with Gasteiger partial charge in [-0.1, -0.05) is 11.6 Å². The number of likely N-dealkylation sites (tertiary alicyclic amines) is 1. The Bertz CT molecular complexity index is 381. The van der Waals surface area contributed by atoms with E-state index in [2.05, 4.69) is 29.0 Å². The number of anilines is 1. The molecule has 0 atom stereocenters. The van der Waals surface area contributed by atoms with Gasteiger partial charge in [0.2, 0.25) is 0 Å². The summed E-state index contributed by atoms with van der Waals surface area (Å²) in [4.78, 5) is 4.90. The molecule has 1 spiro atoms. The van der Waals surface area contributed by atoms with Crippen LogP contribution in [0, 0.1) is 5.41 Å². The Morgan fingerprint density at radius 1 is 1.12 bits per heavy atom. The van der Waals surface area contributed by atoms with Crippen molar-refractivity contribution in [2.24, 2.45) is 5.41 Å². The van der Waals surface area contributed by atoms with Gasteiger partial charge in [0.1, 0.15) is 0 Å². The average Bonchev–Trinajstić information content (AvgIpc) is 2.63. The van der Waals surface area contributed by atoms with E-state index in [1.165, 1.54) is 38.3 Å². The van der Waals surface area contributed by atoms with Crippen LogP contribution in [0.4, 0.5) is 5.69 Å². The maximum absolute atomic E-state index is 5.91. The smallest absolute Gasteiger partial charge is 0.0407 e. The average molecular weight is 237 g/mol. The summed E-state index contributed by atoms with van der Waals surface area (Å²) in [5.74, 6) is 0. The SMILES string of the molecule is CN1CC2(CCN(c3ccc(Cl)cc3)C2)C1. The normalized spacial score (nSPS) is 23.8. The highest BCUT2D eigenvalue weighted by Crippen LogP contribution is 2.40. The van der Waals surface area contributed by atoms with Gasteiger partial charge in [0, 0.05) is 42.3 Å². The van der Waals surface area contributed by atoms with Crippen LogP contribution in [0.25, 0.3) is 0 Å². The molecule has 0 N–H and O–H groups in total. The van der Waals surface area contributed by atoms with E-state index in [-0.39, 0.29) is 0 Å². The van der Waals surface area contributed by atoms with Crippen molar-refractivity contribution in [1.82, 2.24) is 4.90 Å². The standard InChI is InChI=1S/C13H17ClN2/c1-15-8-13(9-15)6-7-16(10-13)12-4-2-11(14)3-5-12/h2-5H,6-10H2,1H3. The van der Waals surface area contributed by atoms with Gasteiger partial charge < -0.3 is 9.80 Å². The van der Waals surface area contributed by atoms with Gasteiger partial charge in [0.25, 0.3) is 0 Å². The summed E-state index contributed by atoms with van der Waals surface area (Å²) in [6.45, 7) is 4.92. The molecule has 3 rings (SSSR count). The number of halogens is 1. The van der Waals surface area contributed by atoms with E-state index in [4.69, 9.17) is 11.6 Å². The number of rotatable bonds is 1. The van der Waals surface area contributed by atoms with E-state index < -0.39 is 0 Å². The number of hydrogen-bond donors (Lipinski definition) is 0. The van der Waals surface area contributed by atoms with E-state index in [1.54, 1.807) is 0 Å². The first-order valence-corrected chi connectivity index (χ1v) is 6.24. The lowest BCUT2D eigenvalue weighted by Gasteiger charge is -2.46. The third-order valence-corrected chi connectivity index (χ3v) is 4.09. The van der Waals surface area contributed by atoms with Crippen molar-refractivity contribution < 1.29 is 0 Å². The zero-order chi connectivity index (χ0) is 11.2. The van der Waals surface area contributed by atoms with Gasteiger partial charge in [0.05, 0.1) is 0 Å². The van der Waals surface area contributed by atoms with Gasteiger partial charge >= 0.3 is 0 Å². The summed E-state index contributed by atoms with van der Waals surface area (Å²) < 4.78 is 0. The van der Waals surface area contributed by atoms with Crippen LogP contribution in [-0.2, 0) is 0 Å². The van der Waals surface area contributed by atoms with E-state index in [9.17, 15) is 0 Å². The second-order valence-electron chi connectivity index (χ2n) is 5.32. The molecule has 0 amide bonds. The van der Waals surface area contributed by atoms with Crippen molar-refractivity contribution in [1.29, 1.82) is 0 Å². The zero-order valence-corrected chi connectivity index (χ0v) is 10.4. The summed E-state index contributed by atoms with van der Waals surface area (Å²) in [5.41, 5.74) is 1.89. The molecule has 86 valence electrons. The Morgan fingerprint density at radius 3 is 2.44 bits per heavy atom. The van der Waals surface area contributed by atoms with Crippen molar-refractivity contribution in [3.05, 3.63) is 29.3 Å². The van der Waals surface area contributed by atoms with Crippen LogP contribution in [0.15, 0.2) is 24.3 Å². The lowest BCUT2D eigenvalue weighted by Crippen LogP contribution is -2.55. The minimum absolute atomic E-state index is 0.578. The first-order chi connectivity index (χ1) is 7.67. The van der Waals surface area contributed by atoms with E-state index in [1.807, 2.05) is 12.1 Å². The molecular weight excluding hydrogens is 220 g/mol. The molecule has 1 aromatic carbocycles. The van der Waals surface area contributed by atoms with E-state index in [0.29, 0.717) is 5.41 Å². The first-order valence-electron chi connectivity index (χ1n) is 5.86. The monoisotopic (exact) mass is 236 g/mol. The molecule has 2 aliphatic heterocycles. The van der Waals surface area contributed by atoms with Gasteiger partial charge in [-0.2, -0.15) is 0 Å². The van der Waals surface area contributed by atoms with Gasteiger partial charge in [-0.3, -0.25) is 0 Å². The molecule has 0 radical (unpaired) electrons. The van der Waals surface area contributed by atoms with Crippen molar-refractivity contribution in [3.8, 4) is 0 Å². The maximum Gasteiger partial charge on any atom is 0.0407 e. The third kappa shape index (κ3) is 1.70. The molecule has 1 aromatic rings. The highest BCUT2D eigenvalue weighted by atomic mass is 35.5. The van der Waals surface area contributed by atoms with Crippen LogP contribution < -0.4 is 4.90 Å². The summed E-state index contributed by atoms with van der Waals surface area (Å²) in [6.07, 6.45) is 1.33. The molecule has 3 heteroatoms. The van der Waals surface area contributed by atoms with E-state index in [0.717, 1.165) is 5.02 Å². The first kappa shape index (κ1) is 10.4. The maximum atomic E-state index is 5.91. The minimum Gasteiger partial charge on any atom is -0.371 e. The second kappa shape index (κ2) is 3.64. The quantitative estimate of drug-likeness (QED) is 0.739. The van der Waals surface area contributed by atoms with Crippen LogP contribution in [0.5, 0.6) is 0 Å². The van der Waals surface area contributed by atoms with E-state index >= 15 is 0 Å². The van der Waals surface area contributed by atoms with Crippen molar-refractivity contribution in [2.75, 3.05) is 38.1 Å². The largest absolute Gasteiger partial charge is 0.371 e. The second-order valence-corrected chi connectivity index (χ2v) is 5.76. The Balaban J connectivity index is 1.72. The molecule has 16 heavy (non-hydrogen) atoms. The Morgan fingerprint density at radius 2 is 1.81 bits per heavy atom. The number of hydrogen-bond acceptors (Lipinski definition) is 2. The lowest BCUT2D eigenvalue weighted by molar-refractivity contribution is 0.0424. The lowest BCUT2D eigenvalue weighted by atomic mass is 9.79. The molecule has 0 unspecified atom stereocenters. The van der Waals surface area contributed by atoms with Crippen LogP contribution in [0.1, 0.15) is 6.42 Å². The molecule has 0 bridgehead atoms. The highest BCUT2D eigenvalue weighted by Gasteiger charge is 2.45. The fraction of sp³-hybridized carbons (Fsp3) is 0.538. The van der Waals surface area contributed by atoms with Gasteiger partial charge in [-0.25, -0.2) is 0 Å². The fourth-order valence-corrected chi connectivity index (χ4v) is 3.29. The molecule has 2 heterocycles. The van der Waals surface area contributed by atoms with Crippen LogP contribution in [0.2, 0.25) is 5.02 Å². The van der Waals surface area contributed by atoms with Crippen LogP contribution in [0.3, 0.4) is 0 Å². The summed E-state index contributed by atoms with van der Waals surface area (Å²) in [7, 11) is 2.20. The van der Waals surface area contributed by atoms with Crippen molar-refractivity contribution >= 4 is 17.3 Å². The Hall–Kier alpha value is -0.730. The molecule has 2 saturated heterocycles. The predicted octanol–water partition coefficient (Wildman–Crippen LogP) is 2.48. The van der Waals surface area contributed by atoms with Gasteiger partial charge in [-0.15, -0.1) is 0 Å². The number of nitrogens with zero attached hydrogens (tertiary/aromatic N) is 2. The fourth-order valence-electron chi connectivity index (χ4n) is 3.16. The number of benzene rings is 1. The summed E-state index contributed by atoms with van der Waals surface area (Å²) in [5, 5.41) is 0.820. The van der Waals surface area contributed by atoms with Gasteiger partial charge in [0.15, 0.2) is 0 Å². The van der Waals surface area contributed by atoms with Crippen molar-refractivity contribution in [3.63, 3.8) is 0 Å². The third-order valence-electron chi connectivity index (χ3n) is 3.84. The summed E-state index contributed by atoms with van der Waals surface area (Å²) >= 11 is 5.91. The van der Waals surface area contributed by atoms with Crippen LogP contribution >= 0.6 is 11.6 Å². The predicted molar refractivity (Wildman–Crippen MR) is 68.2 cm³/mol. The summed E-state index contributed by atoms with van der Waals surface area (Å²) in [6, 6.07) is 8.22. The molecule has 2 nitrogen and oxygen atoms in total. The Kier molecular flexibility index (Phi) is 2.37. The molecule has 0 saturated carbocycles. The molecule has 2 aliphatic rings. The molecule has 0 aromatic heterocycles. The van der Waals surface area contributed by atoms with Crippen LogP contribution in [-0.4, -0.2) is 38.1 Å². The topological polar surface area (TPSA) is 6.48 Å². The minimum atomic E-state index is 0.578.